The van der Waals surface area contributed by atoms with Gasteiger partial charge in [0.1, 0.15) is 17.2 Å². The van der Waals surface area contributed by atoms with Gasteiger partial charge in [-0.25, -0.2) is 4.99 Å². The van der Waals surface area contributed by atoms with E-state index in [-0.39, 0.29) is 17.4 Å². The van der Waals surface area contributed by atoms with Crippen LogP contribution in [0.15, 0.2) is 58.4 Å². The number of nitrogens with one attached hydrogen (secondary N) is 1. The molecule has 0 unspecified atom stereocenters. The number of amidine groups is 1. The van der Waals surface area contributed by atoms with Crippen LogP contribution < -0.4 is 5.32 Å². The molecule has 0 spiro atoms. The van der Waals surface area contributed by atoms with Gasteiger partial charge < -0.3 is 15.5 Å². The SMILES string of the molecule is O=C1NC(=Nc2ccccc2O)SC1=Cc1cccc(O)c1. The molecule has 3 rings (SSSR count). The predicted octanol–water partition coefficient (Wildman–Crippen LogP) is 2.99. The van der Waals surface area contributed by atoms with E-state index in [1.165, 1.54) is 17.8 Å². The molecule has 0 bridgehead atoms. The van der Waals surface area contributed by atoms with Gasteiger partial charge in [0.15, 0.2) is 5.17 Å². The molecule has 0 radical (unpaired) electrons. The fraction of sp³-hybridized carbons (Fsp3) is 0. The fourth-order valence-electron chi connectivity index (χ4n) is 1.91. The van der Waals surface area contributed by atoms with Crippen LogP contribution in [0.25, 0.3) is 6.08 Å². The number of para-hydroxylation sites is 2. The Hall–Kier alpha value is -2.73. The third-order valence-corrected chi connectivity index (χ3v) is 3.83. The first kappa shape index (κ1) is 14.2. The number of rotatable bonds is 2. The Labute approximate surface area is 131 Å². The van der Waals surface area contributed by atoms with Crippen molar-refractivity contribution in [3.8, 4) is 11.5 Å². The van der Waals surface area contributed by atoms with E-state index < -0.39 is 0 Å². The Morgan fingerprint density at radius 2 is 1.91 bits per heavy atom. The highest BCUT2D eigenvalue weighted by Crippen LogP contribution is 2.31. The molecule has 1 fully saturated rings. The molecule has 6 heteroatoms. The number of phenols is 2. The Kier molecular flexibility index (Phi) is 3.84. The number of phenolic OH excluding ortho intramolecular Hbond substituents is 2. The summed E-state index contributed by atoms with van der Waals surface area (Å²) in [6.07, 6.45) is 1.67. The molecule has 110 valence electrons. The van der Waals surface area contributed by atoms with Crippen molar-refractivity contribution in [2.45, 2.75) is 0 Å². The molecular formula is C16H12N2O3S. The summed E-state index contributed by atoms with van der Waals surface area (Å²) in [5.74, 6) is -0.0707. The van der Waals surface area contributed by atoms with E-state index in [4.69, 9.17) is 0 Å². The second-order valence-corrected chi connectivity index (χ2v) is 5.60. The Morgan fingerprint density at radius 3 is 2.68 bits per heavy atom. The molecule has 1 heterocycles. The maximum absolute atomic E-state index is 11.9. The van der Waals surface area contributed by atoms with E-state index >= 15 is 0 Å². The molecule has 1 amide bonds. The van der Waals surface area contributed by atoms with Gasteiger partial charge in [-0.15, -0.1) is 0 Å². The summed E-state index contributed by atoms with van der Waals surface area (Å²) in [6, 6.07) is 13.3. The molecule has 5 nitrogen and oxygen atoms in total. The van der Waals surface area contributed by atoms with Crippen molar-refractivity contribution in [3.05, 3.63) is 59.0 Å². The van der Waals surface area contributed by atoms with Gasteiger partial charge in [-0.3, -0.25) is 4.79 Å². The van der Waals surface area contributed by atoms with E-state index in [1.54, 1.807) is 48.5 Å². The number of hydrogen-bond donors (Lipinski definition) is 3. The van der Waals surface area contributed by atoms with E-state index in [0.29, 0.717) is 15.8 Å². The molecule has 1 aliphatic rings. The maximum atomic E-state index is 11.9. The average molecular weight is 312 g/mol. The summed E-state index contributed by atoms with van der Waals surface area (Å²) in [5, 5.41) is 22.2. The summed E-state index contributed by atoms with van der Waals surface area (Å²) >= 11 is 1.18. The minimum atomic E-state index is -0.262. The number of thioether (sulfide) groups is 1. The maximum Gasteiger partial charge on any atom is 0.264 e. The van der Waals surface area contributed by atoms with Crippen molar-refractivity contribution >= 4 is 34.6 Å². The molecule has 0 aromatic heterocycles. The lowest BCUT2D eigenvalue weighted by molar-refractivity contribution is -0.115. The molecule has 3 N–H and O–H groups in total. The van der Waals surface area contributed by atoms with Gasteiger partial charge in [0.05, 0.1) is 4.91 Å². The van der Waals surface area contributed by atoms with Gasteiger partial charge in [0.2, 0.25) is 0 Å². The second kappa shape index (κ2) is 5.95. The smallest absolute Gasteiger partial charge is 0.264 e. The van der Waals surface area contributed by atoms with Gasteiger partial charge in [-0.1, -0.05) is 24.3 Å². The quantitative estimate of drug-likeness (QED) is 0.745. The van der Waals surface area contributed by atoms with Crippen LogP contribution in [-0.2, 0) is 4.79 Å². The number of carbonyl (C=O) groups is 1. The van der Waals surface area contributed by atoms with Gasteiger partial charge in [-0.2, -0.15) is 0 Å². The topological polar surface area (TPSA) is 81.9 Å². The largest absolute Gasteiger partial charge is 0.508 e. The van der Waals surface area contributed by atoms with Crippen LogP contribution in [-0.4, -0.2) is 21.3 Å². The molecule has 2 aromatic carbocycles. The van der Waals surface area contributed by atoms with E-state index in [1.807, 2.05) is 0 Å². The van der Waals surface area contributed by atoms with Crippen LogP contribution in [0.3, 0.4) is 0 Å². The minimum absolute atomic E-state index is 0.0512. The number of nitrogens with zero attached hydrogens (tertiary/aromatic N) is 1. The zero-order valence-electron chi connectivity index (χ0n) is 11.4. The van der Waals surface area contributed by atoms with Crippen LogP contribution in [0.2, 0.25) is 0 Å². The first-order valence-corrected chi connectivity index (χ1v) is 7.30. The lowest BCUT2D eigenvalue weighted by atomic mass is 10.2. The second-order valence-electron chi connectivity index (χ2n) is 4.57. The standard InChI is InChI=1S/C16H12N2O3S/c19-11-5-3-4-10(8-11)9-14-15(21)18-16(22-14)17-12-6-1-2-7-13(12)20/h1-9,19-20H,(H,17,18,21). The van der Waals surface area contributed by atoms with Crippen LogP contribution in [0.4, 0.5) is 5.69 Å². The fourth-order valence-corrected chi connectivity index (χ4v) is 2.75. The summed E-state index contributed by atoms with van der Waals surface area (Å²) in [5.41, 5.74) is 1.12. The summed E-state index contributed by atoms with van der Waals surface area (Å²) in [4.78, 5) is 16.6. The Morgan fingerprint density at radius 1 is 1.09 bits per heavy atom. The summed E-state index contributed by atoms with van der Waals surface area (Å²) in [7, 11) is 0. The molecule has 1 saturated heterocycles. The monoisotopic (exact) mass is 312 g/mol. The number of benzene rings is 2. The summed E-state index contributed by atoms with van der Waals surface area (Å²) in [6.45, 7) is 0. The lowest BCUT2D eigenvalue weighted by Crippen LogP contribution is -2.19. The van der Waals surface area contributed by atoms with Crippen molar-refractivity contribution in [1.29, 1.82) is 0 Å². The summed E-state index contributed by atoms with van der Waals surface area (Å²) < 4.78 is 0. The normalized spacial score (nSPS) is 17.9. The van der Waals surface area contributed by atoms with Gasteiger partial charge in [0, 0.05) is 0 Å². The third-order valence-electron chi connectivity index (χ3n) is 2.92. The molecule has 0 saturated carbocycles. The highest BCUT2D eigenvalue weighted by Gasteiger charge is 2.24. The first-order valence-electron chi connectivity index (χ1n) is 6.48. The minimum Gasteiger partial charge on any atom is -0.508 e. The molecule has 0 atom stereocenters. The van der Waals surface area contributed by atoms with Crippen molar-refractivity contribution in [3.63, 3.8) is 0 Å². The van der Waals surface area contributed by atoms with E-state index in [0.717, 1.165) is 5.56 Å². The highest BCUT2D eigenvalue weighted by atomic mass is 32.2. The number of amides is 1. The average Bonchev–Trinajstić information content (AvgIpc) is 2.81. The predicted molar refractivity (Wildman–Crippen MR) is 87.0 cm³/mol. The molecule has 22 heavy (non-hydrogen) atoms. The Balaban J connectivity index is 1.86. The molecular weight excluding hydrogens is 300 g/mol. The number of carbonyl (C=O) groups excluding carboxylic acids is 1. The van der Waals surface area contributed by atoms with E-state index in [2.05, 4.69) is 10.3 Å². The first-order chi connectivity index (χ1) is 10.6. The van der Waals surface area contributed by atoms with Crippen molar-refractivity contribution in [2.75, 3.05) is 0 Å². The van der Waals surface area contributed by atoms with Crippen molar-refractivity contribution < 1.29 is 15.0 Å². The highest BCUT2D eigenvalue weighted by molar-refractivity contribution is 8.18. The number of aromatic hydroxyl groups is 2. The van der Waals surface area contributed by atoms with Crippen LogP contribution in [0, 0.1) is 0 Å². The van der Waals surface area contributed by atoms with Crippen molar-refractivity contribution in [1.82, 2.24) is 5.32 Å². The Bertz CT molecular complexity index is 799. The van der Waals surface area contributed by atoms with Gasteiger partial charge >= 0.3 is 0 Å². The third kappa shape index (κ3) is 3.12. The zero-order valence-corrected chi connectivity index (χ0v) is 12.2. The lowest BCUT2D eigenvalue weighted by Gasteiger charge is -1.98. The molecule has 2 aromatic rings. The van der Waals surface area contributed by atoms with Gasteiger partial charge in [-0.05, 0) is 47.7 Å². The van der Waals surface area contributed by atoms with Gasteiger partial charge in [0.25, 0.3) is 5.91 Å². The number of aliphatic imine (C=N–C) groups is 1. The van der Waals surface area contributed by atoms with Crippen LogP contribution in [0.5, 0.6) is 11.5 Å². The zero-order chi connectivity index (χ0) is 15.5. The molecule has 1 aliphatic heterocycles. The molecule has 0 aliphatic carbocycles. The van der Waals surface area contributed by atoms with Crippen LogP contribution >= 0.6 is 11.8 Å². The number of hydrogen-bond acceptors (Lipinski definition) is 5. The van der Waals surface area contributed by atoms with Crippen molar-refractivity contribution in [2.24, 2.45) is 4.99 Å². The van der Waals surface area contributed by atoms with Crippen LogP contribution in [0.1, 0.15) is 5.56 Å². The van der Waals surface area contributed by atoms with E-state index in [9.17, 15) is 15.0 Å².